The molecule has 1 aromatic rings. The van der Waals surface area contributed by atoms with Crippen molar-refractivity contribution in [3.63, 3.8) is 0 Å². The van der Waals surface area contributed by atoms with E-state index >= 15 is 0 Å². The number of nitrogens with zero attached hydrogens (tertiary/aromatic N) is 2. The standard InChI is InChI=1S/C15H20BrFN2O/c1-15(2,3)19-9-7-18(8-10-19)14(20)13-11(16)5-4-6-12(13)17/h4-6H,7-10H2,1-3H3. The third-order valence-corrected chi connectivity index (χ3v) is 4.35. The summed E-state index contributed by atoms with van der Waals surface area (Å²) >= 11 is 3.26. The Morgan fingerprint density at radius 3 is 2.30 bits per heavy atom. The number of carbonyl (C=O) groups excluding carboxylic acids is 1. The van der Waals surface area contributed by atoms with E-state index in [0.29, 0.717) is 17.6 Å². The lowest BCUT2D eigenvalue weighted by Crippen LogP contribution is -2.54. The van der Waals surface area contributed by atoms with Crippen molar-refractivity contribution in [3.05, 3.63) is 34.1 Å². The van der Waals surface area contributed by atoms with Crippen molar-refractivity contribution in [1.82, 2.24) is 9.80 Å². The van der Waals surface area contributed by atoms with Gasteiger partial charge < -0.3 is 4.90 Å². The van der Waals surface area contributed by atoms with E-state index in [0.717, 1.165) is 13.1 Å². The molecule has 0 atom stereocenters. The van der Waals surface area contributed by atoms with E-state index in [4.69, 9.17) is 0 Å². The molecule has 1 heterocycles. The summed E-state index contributed by atoms with van der Waals surface area (Å²) in [5.41, 5.74) is 0.241. The zero-order valence-electron chi connectivity index (χ0n) is 12.1. The fraction of sp³-hybridized carbons (Fsp3) is 0.533. The Kier molecular flexibility index (Phi) is 4.49. The maximum Gasteiger partial charge on any atom is 0.258 e. The van der Waals surface area contributed by atoms with Gasteiger partial charge in [-0.1, -0.05) is 6.07 Å². The maximum atomic E-state index is 13.8. The average Bonchev–Trinajstić information content (AvgIpc) is 2.37. The number of hydrogen-bond acceptors (Lipinski definition) is 2. The number of hydrogen-bond donors (Lipinski definition) is 0. The summed E-state index contributed by atoms with van der Waals surface area (Å²) in [5, 5.41) is 0. The second-order valence-electron chi connectivity index (χ2n) is 6.05. The highest BCUT2D eigenvalue weighted by atomic mass is 79.9. The molecule has 0 N–H and O–H groups in total. The van der Waals surface area contributed by atoms with Crippen LogP contribution in [-0.4, -0.2) is 47.4 Å². The maximum absolute atomic E-state index is 13.8. The molecule has 0 aliphatic carbocycles. The first kappa shape index (κ1) is 15.4. The largest absolute Gasteiger partial charge is 0.336 e. The summed E-state index contributed by atoms with van der Waals surface area (Å²) < 4.78 is 14.3. The van der Waals surface area contributed by atoms with E-state index in [9.17, 15) is 9.18 Å². The van der Waals surface area contributed by atoms with E-state index in [2.05, 4.69) is 41.6 Å². The molecular formula is C15H20BrFN2O. The number of rotatable bonds is 1. The molecule has 0 saturated carbocycles. The number of benzene rings is 1. The molecule has 110 valence electrons. The van der Waals surface area contributed by atoms with Crippen LogP contribution in [0.2, 0.25) is 0 Å². The Labute approximate surface area is 127 Å². The molecule has 20 heavy (non-hydrogen) atoms. The molecule has 0 aromatic heterocycles. The smallest absolute Gasteiger partial charge is 0.258 e. The highest BCUT2D eigenvalue weighted by Gasteiger charge is 2.29. The summed E-state index contributed by atoms with van der Waals surface area (Å²) in [7, 11) is 0. The van der Waals surface area contributed by atoms with Gasteiger partial charge in [-0.05, 0) is 48.8 Å². The zero-order valence-corrected chi connectivity index (χ0v) is 13.7. The molecule has 5 heteroatoms. The number of halogens is 2. The van der Waals surface area contributed by atoms with Gasteiger partial charge in [-0.2, -0.15) is 0 Å². The molecule has 1 aliphatic rings. The summed E-state index contributed by atoms with van der Waals surface area (Å²) in [6.07, 6.45) is 0. The van der Waals surface area contributed by atoms with Crippen LogP contribution in [0.1, 0.15) is 31.1 Å². The lowest BCUT2D eigenvalue weighted by molar-refractivity contribution is 0.0447. The minimum atomic E-state index is -0.470. The average molecular weight is 343 g/mol. The second-order valence-corrected chi connectivity index (χ2v) is 6.90. The molecular weight excluding hydrogens is 323 g/mol. The van der Waals surface area contributed by atoms with Crippen LogP contribution in [0.25, 0.3) is 0 Å². The van der Waals surface area contributed by atoms with Crippen molar-refractivity contribution in [1.29, 1.82) is 0 Å². The van der Waals surface area contributed by atoms with Crippen molar-refractivity contribution in [2.24, 2.45) is 0 Å². The quantitative estimate of drug-likeness (QED) is 0.782. The highest BCUT2D eigenvalue weighted by Crippen LogP contribution is 2.23. The molecule has 0 spiro atoms. The van der Waals surface area contributed by atoms with Gasteiger partial charge >= 0.3 is 0 Å². The molecule has 1 fully saturated rings. The van der Waals surface area contributed by atoms with Crippen LogP contribution in [0.5, 0.6) is 0 Å². The molecule has 1 saturated heterocycles. The SMILES string of the molecule is CC(C)(C)N1CCN(C(=O)c2c(F)cccc2Br)CC1. The third-order valence-electron chi connectivity index (χ3n) is 3.69. The van der Waals surface area contributed by atoms with Crippen LogP contribution in [0.15, 0.2) is 22.7 Å². The van der Waals surface area contributed by atoms with Crippen LogP contribution < -0.4 is 0 Å². The number of amides is 1. The van der Waals surface area contributed by atoms with Gasteiger partial charge in [0.05, 0.1) is 5.56 Å². The molecule has 1 aromatic carbocycles. The fourth-order valence-electron chi connectivity index (χ4n) is 2.44. The van der Waals surface area contributed by atoms with Crippen molar-refractivity contribution >= 4 is 21.8 Å². The predicted molar refractivity (Wildman–Crippen MR) is 81.3 cm³/mol. The summed E-state index contributed by atoms with van der Waals surface area (Å²) in [6.45, 7) is 9.41. The molecule has 0 bridgehead atoms. The van der Waals surface area contributed by atoms with Gasteiger partial charge in [0, 0.05) is 36.2 Å². The lowest BCUT2D eigenvalue weighted by Gasteiger charge is -2.42. The first-order valence-electron chi connectivity index (χ1n) is 6.79. The van der Waals surface area contributed by atoms with Gasteiger partial charge in [-0.15, -0.1) is 0 Å². The van der Waals surface area contributed by atoms with Crippen molar-refractivity contribution in [2.75, 3.05) is 26.2 Å². The van der Waals surface area contributed by atoms with Crippen LogP contribution in [0.4, 0.5) is 4.39 Å². The lowest BCUT2D eigenvalue weighted by atomic mass is 10.0. The minimum absolute atomic E-state index is 0.105. The van der Waals surface area contributed by atoms with Gasteiger partial charge in [-0.25, -0.2) is 4.39 Å². The Balaban J connectivity index is 2.09. The van der Waals surface area contributed by atoms with Crippen LogP contribution in [0.3, 0.4) is 0 Å². The van der Waals surface area contributed by atoms with E-state index < -0.39 is 5.82 Å². The third kappa shape index (κ3) is 3.20. The molecule has 2 rings (SSSR count). The van der Waals surface area contributed by atoms with Gasteiger partial charge in [0.25, 0.3) is 5.91 Å². The Morgan fingerprint density at radius 2 is 1.80 bits per heavy atom. The van der Waals surface area contributed by atoms with E-state index in [1.165, 1.54) is 6.07 Å². The van der Waals surface area contributed by atoms with E-state index in [1.807, 2.05) is 0 Å². The summed E-state index contributed by atoms with van der Waals surface area (Å²) in [4.78, 5) is 16.5. The van der Waals surface area contributed by atoms with Crippen LogP contribution >= 0.6 is 15.9 Å². The monoisotopic (exact) mass is 342 g/mol. The van der Waals surface area contributed by atoms with Gasteiger partial charge in [0.15, 0.2) is 0 Å². The van der Waals surface area contributed by atoms with Crippen LogP contribution in [0, 0.1) is 5.82 Å². The zero-order chi connectivity index (χ0) is 14.9. The first-order valence-corrected chi connectivity index (χ1v) is 7.58. The van der Waals surface area contributed by atoms with Crippen LogP contribution in [-0.2, 0) is 0 Å². The molecule has 0 radical (unpaired) electrons. The van der Waals surface area contributed by atoms with Crippen molar-refractivity contribution < 1.29 is 9.18 Å². The van der Waals surface area contributed by atoms with Crippen molar-refractivity contribution in [3.8, 4) is 0 Å². The molecule has 0 unspecified atom stereocenters. The number of piperazine rings is 1. The summed E-state index contributed by atoms with van der Waals surface area (Å²) in [6, 6.07) is 4.61. The molecule has 3 nitrogen and oxygen atoms in total. The molecule has 1 aliphatic heterocycles. The molecule has 1 amide bonds. The Morgan fingerprint density at radius 1 is 1.20 bits per heavy atom. The van der Waals surface area contributed by atoms with Gasteiger partial charge in [0.1, 0.15) is 5.82 Å². The van der Waals surface area contributed by atoms with Crippen molar-refractivity contribution in [2.45, 2.75) is 26.3 Å². The Hall–Kier alpha value is -0.940. The minimum Gasteiger partial charge on any atom is -0.336 e. The van der Waals surface area contributed by atoms with E-state index in [-0.39, 0.29) is 17.0 Å². The second kappa shape index (κ2) is 5.82. The van der Waals surface area contributed by atoms with Gasteiger partial charge in [0.2, 0.25) is 0 Å². The highest BCUT2D eigenvalue weighted by molar-refractivity contribution is 9.10. The first-order chi connectivity index (χ1) is 9.30. The van der Waals surface area contributed by atoms with E-state index in [1.54, 1.807) is 17.0 Å². The fourth-order valence-corrected chi connectivity index (χ4v) is 2.95. The summed E-state index contributed by atoms with van der Waals surface area (Å²) in [5.74, 6) is -0.703. The Bertz CT molecular complexity index is 485. The van der Waals surface area contributed by atoms with Gasteiger partial charge in [-0.3, -0.25) is 9.69 Å². The normalized spacial score (nSPS) is 17.4. The topological polar surface area (TPSA) is 23.6 Å². The predicted octanol–water partition coefficient (Wildman–Crippen LogP) is 3.14. The number of carbonyl (C=O) groups is 1.